The lowest BCUT2D eigenvalue weighted by Gasteiger charge is -2.21. The molecule has 8 heteroatoms. The normalized spacial score (nSPS) is 15.1. The second kappa shape index (κ2) is 6.58. The Morgan fingerprint density at radius 3 is 2.17 bits per heavy atom. The lowest BCUT2D eigenvalue weighted by Crippen LogP contribution is -2.54. The molecule has 0 aliphatic carbocycles. The number of esters is 1. The number of ether oxygens (including phenoxy) is 1. The highest BCUT2D eigenvalue weighted by molar-refractivity contribution is 5.87. The summed E-state index contributed by atoms with van der Waals surface area (Å²) < 4.78 is 41.0. The van der Waals surface area contributed by atoms with Gasteiger partial charge in [0.25, 0.3) is 0 Å². The molecule has 0 rings (SSSR count). The molecule has 0 bridgehead atoms. The number of nitrogens with two attached hydrogens (primary N) is 1. The number of amides is 1. The first-order valence-corrected chi connectivity index (χ1v) is 5.30. The molecule has 1 unspecified atom stereocenters. The summed E-state index contributed by atoms with van der Waals surface area (Å²) in [7, 11) is 1.09. The Morgan fingerprint density at radius 2 is 1.83 bits per heavy atom. The summed E-state index contributed by atoms with van der Waals surface area (Å²) in [5.74, 6) is -2.25. The summed E-state index contributed by atoms with van der Waals surface area (Å²) in [6, 6.07) is -3.78. The van der Waals surface area contributed by atoms with Crippen molar-refractivity contribution in [2.75, 3.05) is 7.11 Å². The van der Waals surface area contributed by atoms with Crippen molar-refractivity contribution >= 4 is 11.9 Å². The first kappa shape index (κ1) is 16.7. The molecular weight excluding hydrogens is 253 g/mol. The predicted molar refractivity (Wildman–Crippen MR) is 57.4 cm³/mol. The molecule has 106 valence electrons. The quantitative estimate of drug-likeness (QED) is 0.716. The van der Waals surface area contributed by atoms with E-state index in [1.54, 1.807) is 13.8 Å². The van der Waals surface area contributed by atoms with E-state index >= 15 is 0 Å². The Balaban J connectivity index is 4.68. The van der Waals surface area contributed by atoms with E-state index in [9.17, 15) is 22.8 Å². The fourth-order valence-corrected chi connectivity index (χ4v) is 1.24. The van der Waals surface area contributed by atoms with Gasteiger partial charge in [-0.1, -0.05) is 13.8 Å². The summed E-state index contributed by atoms with van der Waals surface area (Å²) in [5, 5.41) is 1.95. The van der Waals surface area contributed by atoms with Crippen LogP contribution in [0.15, 0.2) is 0 Å². The van der Waals surface area contributed by atoms with Crippen molar-refractivity contribution in [2.45, 2.75) is 38.5 Å². The van der Waals surface area contributed by atoms with Gasteiger partial charge in [0.2, 0.25) is 5.91 Å². The van der Waals surface area contributed by atoms with E-state index in [0.29, 0.717) is 0 Å². The molecule has 18 heavy (non-hydrogen) atoms. The molecule has 0 aromatic heterocycles. The number of methoxy groups -OCH3 is 1. The molecule has 0 saturated heterocycles. The molecule has 0 aliphatic heterocycles. The molecule has 0 heterocycles. The number of carbonyl (C=O) groups is 2. The van der Waals surface area contributed by atoms with Gasteiger partial charge in [-0.15, -0.1) is 0 Å². The molecule has 0 radical (unpaired) electrons. The van der Waals surface area contributed by atoms with Crippen LogP contribution in [0.3, 0.4) is 0 Å². The fourth-order valence-electron chi connectivity index (χ4n) is 1.24. The number of rotatable bonds is 5. The maximum atomic E-state index is 12.2. The summed E-state index contributed by atoms with van der Waals surface area (Å²) in [6.45, 7) is 3.51. The molecular formula is C10H17F3N2O3. The Hall–Kier alpha value is -1.31. The average molecular weight is 270 g/mol. The molecule has 2 atom stereocenters. The minimum absolute atomic E-state index is 0.00323. The van der Waals surface area contributed by atoms with Crippen LogP contribution in [0.5, 0.6) is 0 Å². The fraction of sp³-hybridized carbons (Fsp3) is 0.800. The molecule has 0 fully saturated rings. The van der Waals surface area contributed by atoms with Gasteiger partial charge in [-0.25, -0.2) is 4.79 Å². The van der Waals surface area contributed by atoms with Crippen LogP contribution < -0.4 is 11.1 Å². The molecule has 0 spiro atoms. The summed E-state index contributed by atoms with van der Waals surface area (Å²) >= 11 is 0. The second-order valence-corrected chi connectivity index (χ2v) is 4.23. The maximum absolute atomic E-state index is 12.2. The topological polar surface area (TPSA) is 81.4 Å². The largest absolute Gasteiger partial charge is 0.467 e. The molecule has 0 aromatic rings. The van der Waals surface area contributed by atoms with Crippen molar-refractivity contribution in [2.24, 2.45) is 11.7 Å². The zero-order valence-electron chi connectivity index (χ0n) is 10.4. The summed E-state index contributed by atoms with van der Waals surface area (Å²) in [6.07, 6.45) is -4.68. The highest BCUT2D eigenvalue weighted by atomic mass is 19.4. The SMILES string of the molecule is COC(=O)[C@H](CC(C)C)NC(=O)C(N)C(F)(F)F. The van der Waals surface area contributed by atoms with Crippen LogP contribution in [0.4, 0.5) is 13.2 Å². The molecule has 5 nitrogen and oxygen atoms in total. The van der Waals surface area contributed by atoms with Crippen LogP contribution in [0.2, 0.25) is 0 Å². The van der Waals surface area contributed by atoms with Crippen molar-refractivity contribution in [3.05, 3.63) is 0 Å². The van der Waals surface area contributed by atoms with Gasteiger partial charge in [-0.3, -0.25) is 4.79 Å². The summed E-state index contributed by atoms with van der Waals surface area (Å²) in [5.41, 5.74) is 4.73. The highest BCUT2D eigenvalue weighted by Crippen LogP contribution is 2.18. The zero-order valence-corrected chi connectivity index (χ0v) is 10.4. The van der Waals surface area contributed by atoms with Gasteiger partial charge in [0.15, 0.2) is 6.04 Å². The number of carbonyl (C=O) groups excluding carboxylic acids is 2. The van der Waals surface area contributed by atoms with E-state index in [0.717, 1.165) is 7.11 Å². The minimum atomic E-state index is -4.84. The maximum Gasteiger partial charge on any atom is 0.412 e. The Labute approximate surface area is 103 Å². The number of hydrogen-bond acceptors (Lipinski definition) is 4. The number of nitrogens with one attached hydrogen (secondary N) is 1. The zero-order chi connectivity index (χ0) is 14.5. The number of alkyl halides is 3. The summed E-state index contributed by atoms with van der Waals surface area (Å²) in [4.78, 5) is 22.5. The van der Waals surface area contributed by atoms with Gasteiger partial charge in [0, 0.05) is 0 Å². The van der Waals surface area contributed by atoms with Gasteiger partial charge in [-0.05, 0) is 12.3 Å². The van der Waals surface area contributed by atoms with Crippen LogP contribution in [0, 0.1) is 5.92 Å². The average Bonchev–Trinajstić information content (AvgIpc) is 2.23. The third-order valence-corrected chi connectivity index (χ3v) is 2.14. The molecule has 0 aliphatic rings. The van der Waals surface area contributed by atoms with Crippen LogP contribution in [-0.2, 0) is 14.3 Å². The third kappa shape index (κ3) is 5.35. The lowest BCUT2D eigenvalue weighted by molar-refractivity contribution is -0.165. The van der Waals surface area contributed by atoms with Gasteiger partial charge in [0.05, 0.1) is 7.11 Å². The second-order valence-electron chi connectivity index (χ2n) is 4.23. The third-order valence-electron chi connectivity index (χ3n) is 2.14. The van der Waals surface area contributed by atoms with Gasteiger partial charge < -0.3 is 15.8 Å². The molecule has 3 N–H and O–H groups in total. The van der Waals surface area contributed by atoms with Crippen molar-refractivity contribution in [3.63, 3.8) is 0 Å². The molecule has 0 aromatic carbocycles. The van der Waals surface area contributed by atoms with E-state index < -0.39 is 30.1 Å². The van der Waals surface area contributed by atoms with Crippen LogP contribution in [0.1, 0.15) is 20.3 Å². The molecule has 0 saturated carbocycles. The Kier molecular flexibility index (Phi) is 6.10. The Bertz CT molecular complexity index is 305. The van der Waals surface area contributed by atoms with Crippen molar-refractivity contribution < 1.29 is 27.5 Å². The van der Waals surface area contributed by atoms with Crippen molar-refractivity contribution in [1.29, 1.82) is 0 Å². The van der Waals surface area contributed by atoms with Crippen molar-refractivity contribution in [1.82, 2.24) is 5.32 Å². The minimum Gasteiger partial charge on any atom is -0.467 e. The number of hydrogen-bond donors (Lipinski definition) is 2. The van der Waals surface area contributed by atoms with E-state index in [1.165, 1.54) is 0 Å². The Morgan fingerprint density at radius 1 is 1.33 bits per heavy atom. The van der Waals surface area contributed by atoms with Crippen LogP contribution >= 0.6 is 0 Å². The van der Waals surface area contributed by atoms with Crippen LogP contribution in [-0.4, -0.2) is 37.2 Å². The monoisotopic (exact) mass is 270 g/mol. The van der Waals surface area contributed by atoms with Gasteiger partial charge in [0.1, 0.15) is 6.04 Å². The lowest BCUT2D eigenvalue weighted by atomic mass is 10.0. The first-order chi connectivity index (χ1) is 8.09. The van der Waals surface area contributed by atoms with E-state index in [2.05, 4.69) is 4.74 Å². The van der Waals surface area contributed by atoms with E-state index in [4.69, 9.17) is 5.73 Å². The number of halogens is 3. The van der Waals surface area contributed by atoms with Gasteiger partial charge >= 0.3 is 12.1 Å². The van der Waals surface area contributed by atoms with Crippen LogP contribution in [0.25, 0.3) is 0 Å². The predicted octanol–water partition coefficient (Wildman–Crippen LogP) is 0.580. The first-order valence-electron chi connectivity index (χ1n) is 5.30. The standard InChI is InChI=1S/C10H17F3N2O3/c1-5(2)4-6(9(17)18-3)15-8(16)7(14)10(11,12)13/h5-7H,4,14H2,1-3H3,(H,15,16)/t6-,7?/m0/s1. The smallest absolute Gasteiger partial charge is 0.412 e. The highest BCUT2D eigenvalue weighted by Gasteiger charge is 2.43. The van der Waals surface area contributed by atoms with E-state index in [1.807, 2.05) is 5.32 Å². The molecule has 1 amide bonds. The van der Waals surface area contributed by atoms with Crippen molar-refractivity contribution in [3.8, 4) is 0 Å². The van der Waals surface area contributed by atoms with Gasteiger partial charge in [-0.2, -0.15) is 13.2 Å². The van der Waals surface area contributed by atoms with E-state index in [-0.39, 0.29) is 12.3 Å².